The van der Waals surface area contributed by atoms with E-state index in [1.807, 2.05) is 0 Å². The van der Waals surface area contributed by atoms with E-state index in [9.17, 15) is 19.5 Å². The van der Waals surface area contributed by atoms with Gasteiger partial charge in [0, 0.05) is 5.56 Å². The zero-order valence-corrected chi connectivity index (χ0v) is 14.0. The predicted molar refractivity (Wildman–Crippen MR) is 97.4 cm³/mol. The Kier molecular flexibility index (Phi) is 6.06. The fourth-order valence-electron chi connectivity index (χ4n) is 2.09. The largest absolute Gasteiger partial charge is 0.503 e. The molecule has 0 heterocycles. The first kappa shape index (κ1) is 18.7. The van der Waals surface area contributed by atoms with E-state index in [1.165, 1.54) is 31.4 Å². The third-order valence-corrected chi connectivity index (χ3v) is 3.51. The van der Waals surface area contributed by atoms with E-state index in [-0.39, 0.29) is 5.78 Å². The molecule has 132 valence electrons. The van der Waals surface area contributed by atoms with Crippen LogP contribution in [-0.4, -0.2) is 29.9 Å². The van der Waals surface area contributed by atoms with Crippen LogP contribution in [0.3, 0.4) is 0 Å². The van der Waals surface area contributed by atoms with E-state index in [0.717, 1.165) is 5.56 Å². The molecule has 6 nitrogen and oxygen atoms in total. The van der Waals surface area contributed by atoms with E-state index in [2.05, 4.69) is 4.74 Å². The number of allylic oxidation sites excluding steroid dienone is 1. The molecule has 0 saturated heterocycles. The smallest absolute Gasteiger partial charge is 0.337 e. The molecular weight excluding hydrogens is 334 g/mol. The molecule has 2 aromatic carbocycles. The highest BCUT2D eigenvalue weighted by molar-refractivity contribution is 6.07. The summed E-state index contributed by atoms with van der Waals surface area (Å²) in [5, 5.41) is 9.32. The summed E-state index contributed by atoms with van der Waals surface area (Å²) in [5.74, 6) is -2.11. The van der Waals surface area contributed by atoms with E-state index in [1.54, 1.807) is 42.5 Å². The number of aliphatic hydroxyl groups excluding tert-OH is 1. The Morgan fingerprint density at radius 3 is 2.00 bits per heavy atom. The van der Waals surface area contributed by atoms with Crippen LogP contribution >= 0.6 is 0 Å². The van der Waals surface area contributed by atoms with Crippen molar-refractivity contribution in [2.24, 2.45) is 5.73 Å². The normalized spacial score (nSPS) is 11.3. The molecule has 2 aromatic rings. The van der Waals surface area contributed by atoms with Crippen molar-refractivity contribution in [1.29, 1.82) is 0 Å². The monoisotopic (exact) mass is 351 g/mol. The first-order chi connectivity index (χ1) is 12.4. The number of ether oxygens (including phenoxy) is 1. The average molecular weight is 351 g/mol. The molecule has 0 aliphatic heterocycles. The molecule has 0 saturated carbocycles. The van der Waals surface area contributed by atoms with Crippen LogP contribution in [0.2, 0.25) is 0 Å². The first-order valence-corrected chi connectivity index (χ1v) is 7.62. The van der Waals surface area contributed by atoms with Crippen LogP contribution in [0.25, 0.3) is 12.2 Å². The number of rotatable bonds is 6. The second-order valence-corrected chi connectivity index (χ2v) is 5.33. The van der Waals surface area contributed by atoms with Gasteiger partial charge in [0.1, 0.15) is 0 Å². The maximum Gasteiger partial charge on any atom is 0.337 e. The Bertz CT molecular complexity index is 877. The number of benzene rings is 2. The number of hydrogen-bond acceptors (Lipinski definition) is 5. The fourth-order valence-corrected chi connectivity index (χ4v) is 2.09. The molecule has 3 N–H and O–H groups in total. The van der Waals surface area contributed by atoms with Crippen LogP contribution in [0.5, 0.6) is 0 Å². The van der Waals surface area contributed by atoms with Crippen LogP contribution in [0.4, 0.5) is 0 Å². The molecule has 2 rings (SSSR count). The Labute approximate surface area is 150 Å². The van der Waals surface area contributed by atoms with Crippen molar-refractivity contribution in [3.63, 3.8) is 0 Å². The summed E-state index contributed by atoms with van der Waals surface area (Å²) in [7, 11) is 1.29. The predicted octanol–water partition coefficient (Wildman–Crippen LogP) is 2.75. The lowest BCUT2D eigenvalue weighted by Crippen LogP contribution is -2.12. The molecule has 0 radical (unpaired) electrons. The molecule has 0 fully saturated rings. The number of primary amides is 1. The second-order valence-electron chi connectivity index (χ2n) is 5.33. The molecule has 1 amide bonds. The molecule has 6 heteroatoms. The van der Waals surface area contributed by atoms with Crippen LogP contribution in [0, 0.1) is 0 Å². The first-order valence-electron chi connectivity index (χ1n) is 7.62. The van der Waals surface area contributed by atoms with Gasteiger partial charge in [0.05, 0.1) is 12.7 Å². The highest BCUT2D eigenvalue weighted by Gasteiger charge is 2.07. The van der Waals surface area contributed by atoms with Crippen molar-refractivity contribution in [1.82, 2.24) is 0 Å². The number of methoxy groups -OCH3 is 1. The van der Waals surface area contributed by atoms with Crippen LogP contribution in [-0.2, 0) is 9.53 Å². The standard InChI is InChI=1S/C20H17NO5/c1-26-20(25)16-9-7-15(8-10-16)17(22)11-6-13-2-4-14(5-3-13)12-18(23)19(21)24/h2-12,23H,1H3,(H2,21,24)/b11-6+,18-12-. The molecule has 0 aliphatic rings. The van der Waals surface area contributed by atoms with Gasteiger partial charge in [0.15, 0.2) is 11.5 Å². The molecule has 0 bridgehead atoms. The zero-order valence-electron chi connectivity index (χ0n) is 14.0. The summed E-state index contributed by atoms with van der Waals surface area (Å²) >= 11 is 0. The summed E-state index contributed by atoms with van der Waals surface area (Å²) in [6, 6.07) is 13.0. The minimum atomic E-state index is -0.905. The van der Waals surface area contributed by atoms with Gasteiger partial charge in [-0.3, -0.25) is 9.59 Å². The summed E-state index contributed by atoms with van der Waals surface area (Å²) < 4.78 is 4.61. The minimum Gasteiger partial charge on any atom is -0.503 e. The van der Waals surface area contributed by atoms with Gasteiger partial charge >= 0.3 is 5.97 Å². The fraction of sp³-hybridized carbons (Fsp3) is 0.0500. The number of nitrogens with two attached hydrogens (primary N) is 1. The number of carbonyl (C=O) groups is 3. The molecular formula is C20H17NO5. The van der Waals surface area contributed by atoms with Crippen LogP contribution in [0.1, 0.15) is 31.8 Å². The van der Waals surface area contributed by atoms with Gasteiger partial charge in [-0.1, -0.05) is 42.5 Å². The van der Waals surface area contributed by atoms with Crippen molar-refractivity contribution in [2.75, 3.05) is 7.11 Å². The lowest BCUT2D eigenvalue weighted by Gasteiger charge is -2.00. The summed E-state index contributed by atoms with van der Waals surface area (Å²) in [5.41, 5.74) is 7.13. The highest BCUT2D eigenvalue weighted by atomic mass is 16.5. The van der Waals surface area contributed by atoms with Gasteiger partial charge in [0.25, 0.3) is 5.91 Å². The number of ketones is 1. The van der Waals surface area contributed by atoms with E-state index in [4.69, 9.17) is 5.73 Å². The van der Waals surface area contributed by atoms with Crippen molar-refractivity contribution < 1.29 is 24.2 Å². The number of aliphatic hydroxyl groups is 1. The number of amides is 1. The Hall–Kier alpha value is -3.67. The third-order valence-electron chi connectivity index (χ3n) is 3.51. The van der Waals surface area contributed by atoms with Gasteiger partial charge in [0.2, 0.25) is 0 Å². The van der Waals surface area contributed by atoms with Gasteiger partial charge in [-0.25, -0.2) is 4.79 Å². The third kappa shape index (κ3) is 4.91. The van der Waals surface area contributed by atoms with Crippen molar-refractivity contribution >= 4 is 29.8 Å². The average Bonchev–Trinajstić information content (AvgIpc) is 2.66. The van der Waals surface area contributed by atoms with Gasteiger partial charge < -0.3 is 15.6 Å². The second kappa shape index (κ2) is 8.43. The quantitative estimate of drug-likeness (QED) is 0.360. The van der Waals surface area contributed by atoms with Crippen molar-refractivity contribution in [3.05, 3.63) is 82.6 Å². The SMILES string of the molecule is COC(=O)c1ccc(C(=O)/C=C/c2ccc(/C=C(\O)C(N)=O)cc2)cc1. The highest BCUT2D eigenvalue weighted by Crippen LogP contribution is 2.11. The lowest BCUT2D eigenvalue weighted by molar-refractivity contribution is -0.116. The van der Waals surface area contributed by atoms with Gasteiger partial charge in [-0.2, -0.15) is 0 Å². The number of esters is 1. The Balaban J connectivity index is 2.07. The molecule has 0 aliphatic carbocycles. The van der Waals surface area contributed by atoms with E-state index >= 15 is 0 Å². The maximum absolute atomic E-state index is 12.2. The molecule has 26 heavy (non-hydrogen) atoms. The lowest BCUT2D eigenvalue weighted by atomic mass is 10.1. The van der Waals surface area contributed by atoms with Gasteiger partial charge in [-0.15, -0.1) is 0 Å². The van der Waals surface area contributed by atoms with Crippen molar-refractivity contribution in [3.8, 4) is 0 Å². The molecule has 0 unspecified atom stereocenters. The minimum absolute atomic E-state index is 0.211. The maximum atomic E-state index is 12.2. The number of hydrogen-bond donors (Lipinski definition) is 2. The topological polar surface area (TPSA) is 107 Å². The molecule has 0 aromatic heterocycles. The van der Waals surface area contributed by atoms with E-state index in [0.29, 0.717) is 16.7 Å². The van der Waals surface area contributed by atoms with Gasteiger partial charge in [-0.05, 0) is 35.4 Å². The van der Waals surface area contributed by atoms with E-state index < -0.39 is 17.6 Å². The van der Waals surface area contributed by atoms with Crippen LogP contribution < -0.4 is 5.73 Å². The Morgan fingerprint density at radius 1 is 0.923 bits per heavy atom. The number of carbonyl (C=O) groups excluding carboxylic acids is 3. The molecule has 0 spiro atoms. The Morgan fingerprint density at radius 2 is 1.46 bits per heavy atom. The zero-order chi connectivity index (χ0) is 19.1. The summed E-state index contributed by atoms with van der Waals surface area (Å²) in [6.07, 6.45) is 4.31. The summed E-state index contributed by atoms with van der Waals surface area (Å²) in [4.78, 5) is 34.3. The molecule has 0 atom stereocenters. The summed E-state index contributed by atoms with van der Waals surface area (Å²) in [6.45, 7) is 0. The van der Waals surface area contributed by atoms with Crippen molar-refractivity contribution in [2.45, 2.75) is 0 Å². The van der Waals surface area contributed by atoms with Crippen LogP contribution in [0.15, 0.2) is 60.4 Å².